The van der Waals surface area contributed by atoms with Crippen molar-refractivity contribution in [1.82, 2.24) is 10.6 Å². The highest BCUT2D eigenvalue weighted by molar-refractivity contribution is 14.0. The fraction of sp³-hybridized carbons (Fsp3) is 0.364. The highest BCUT2D eigenvalue weighted by Gasteiger charge is 2.21. The number of benzene rings is 2. The minimum Gasteiger partial charge on any atom is -0.497 e. The molecule has 1 saturated heterocycles. The maximum atomic E-state index is 12.7. The van der Waals surface area contributed by atoms with Crippen molar-refractivity contribution < 1.29 is 23.0 Å². The lowest BCUT2D eigenvalue weighted by Crippen LogP contribution is -2.36. The zero-order chi connectivity index (χ0) is 22.2. The molecule has 10 heteroatoms. The molecule has 1 aliphatic rings. The molecule has 2 N–H and O–H groups in total. The smallest absolute Gasteiger partial charge is 0.387 e. The molecule has 1 heterocycles. The number of carbonyl (C=O) groups is 1. The summed E-state index contributed by atoms with van der Waals surface area (Å²) >= 11 is 0. The van der Waals surface area contributed by atoms with Gasteiger partial charge in [0.2, 0.25) is 5.91 Å². The van der Waals surface area contributed by atoms with E-state index in [0.717, 1.165) is 24.2 Å². The second-order valence-corrected chi connectivity index (χ2v) is 6.95. The van der Waals surface area contributed by atoms with Crippen molar-refractivity contribution in [2.75, 3.05) is 25.6 Å². The lowest BCUT2D eigenvalue weighted by atomic mass is 10.2. The monoisotopic (exact) mass is 560 g/mol. The van der Waals surface area contributed by atoms with Crippen molar-refractivity contribution in [1.29, 1.82) is 0 Å². The van der Waals surface area contributed by atoms with Gasteiger partial charge in [-0.2, -0.15) is 8.78 Å². The average Bonchev–Trinajstić information content (AvgIpc) is 3.20. The first-order valence-electron chi connectivity index (χ1n) is 9.95. The number of ether oxygens (including phenoxy) is 2. The lowest BCUT2D eigenvalue weighted by Gasteiger charge is -2.17. The molecule has 2 aromatic rings. The summed E-state index contributed by atoms with van der Waals surface area (Å²) in [5.41, 5.74) is 2.43. The van der Waals surface area contributed by atoms with Crippen molar-refractivity contribution >= 4 is 41.5 Å². The number of guanidine groups is 1. The highest BCUT2D eigenvalue weighted by Crippen LogP contribution is 2.25. The summed E-state index contributed by atoms with van der Waals surface area (Å²) in [6, 6.07) is 12.4. The van der Waals surface area contributed by atoms with E-state index in [0.29, 0.717) is 30.2 Å². The van der Waals surface area contributed by atoms with Crippen molar-refractivity contribution in [2.24, 2.45) is 4.99 Å². The maximum absolute atomic E-state index is 12.7. The van der Waals surface area contributed by atoms with Gasteiger partial charge in [0.15, 0.2) is 5.96 Å². The zero-order valence-electron chi connectivity index (χ0n) is 17.9. The topological polar surface area (TPSA) is 75.2 Å². The minimum atomic E-state index is -2.91. The van der Waals surface area contributed by atoms with Gasteiger partial charge in [-0.25, -0.2) is 0 Å². The first kappa shape index (κ1) is 25.6. The molecule has 0 bridgehead atoms. The highest BCUT2D eigenvalue weighted by atomic mass is 127. The molecule has 7 nitrogen and oxygen atoms in total. The van der Waals surface area contributed by atoms with E-state index in [2.05, 4.69) is 20.4 Å². The third kappa shape index (κ3) is 6.94. The fourth-order valence-electron chi connectivity index (χ4n) is 3.33. The third-order valence-corrected chi connectivity index (χ3v) is 4.93. The Kier molecular flexibility index (Phi) is 9.95. The van der Waals surface area contributed by atoms with Gasteiger partial charge in [-0.3, -0.25) is 9.79 Å². The van der Waals surface area contributed by atoms with Crippen LogP contribution in [0.2, 0.25) is 0 Å². The molecule has 0 spiro atoms. The number of anilines is 1. The van der Waals surface area contributed by atoms with Gasteiger partial charge in [-0.1, -0.05) is 12.1 Å². The summed E-state index contributed by atoms with van der Waals surface area (Å²) in [6.45, 7) is -1.43. The zero-order valence-corrected chi connectivity index (χ0v) is 20.3. The van der Waals surface area contributed by atoms with E-state index >= 15 is 0 Å². The molecular weight excluding hydrogens is 533 g/mol. The summed E-state index contributed by atoms with van der Waals surface area (Å²) in [4.78, 5) is 17.8. The Labute approximate surface area is 203 Å². The van der Waals surface area contributed by atoms with E-state index in [1.165, 1.54) is 13.2 Å². The molecule has 174 valence electrons. The van der Waals surface area contributed by atoms with Crippen molar-refractivity contribution in [3.8, 4) is 11.5 Å². The molecule has 0 atom stereocenters. The Balaban J connectivity index is 0.00000363. The van der Waals surface area contributed by atoms with Crippen LogP contribution in [-0.2, 0) is 17.9 Å². The first-order chi connectivity index (χ1) is 15.0. The Morgan fingerprint density at radius 1 is 1.16 bits per heavy atom. The normalized spacial score (nSPS) is 13.7. The van der Waals surface area contributed by atoms with Gasteiger partial charge < -0.3 is 25.0 Å². The van der Waals surface area contributed by atoms with E-state index in [-0.39, 0.29) is 42.2 Å². The van der Waals surface area contributed by atoms with Crippen LogP contribution < -0.4 is 25.0 Å². The minimum absolute atomic E-state index is 0. The molecule has 2 aromatic carbocycles. The number of methoxy groups -OCH3 is 1. The molecule has 1 amide bonds. The largest absolute Gasteiger partial charge is 0.497 e. The number of amides is 1. The summed E-state index contributed by atoms with van der Waals surface area (Å²) < 4.78 is 35.1. The molecule has 1 fully saturated rings. The summed E-state index contributed by atoms with van der Waals surface area (Å²) in [5, 5.41) is 6.27. The molecule has 1 aliphatic heterocycles. The Hall–Kier alpha value is -2.63. The summed E-state index contributed by atoms with van der Waals surface area (Å²) in [7, 11) is 3.13. The van der Waals surface area contributed by atoms with Gasteiger partial charge in [-0.05, 0) is 42.3 Å². The number of hydrogen-bond acceptors (Lipinski definition) is 4. The number of hydrogen-bond donors (Lipinski definition) is 2. The van der Waals surface area contributed by atoms with Gasteiger partial charge in [0.05, 0.1) is 7.11 Å². The van der Waals surface area contributed by atoms with Crippen molar-refractivity contribution in [3.63, 3.8) is 0 Å². The van der Waals surface area contributed by atoms with Crippen LogP contribution in [0.4, 0.5) is 14.5 Å². The van der Waals surface area contributed by atoms with E-state index in [9.17, 15) is 13.6 Å². The Morgan fingerprint density at radius 3 is 2.47 bits per heavy atom. The molecule has 3 rings (SSSR count). The first-order valence-corrected chi connectivity index (χ1v) is 9.95. The van der Waals surface area contributed by atoms with Crippen LogP contribution in [0.3, 0.4) is 0 Å². The van der Waals surface area contributed by atoms with Crippen LogP contribution in [0, 0.1) is 0 Å². The van der Waals surface area contributed by atoms with Crippen LogP contribution in [0.1, 0.15) is 24.0 Å². The molecule has 0 radical (unpaired) electrons. The number of alkyl halides is 2. The van der Waals surface area contributed by atoms with E-state index in [1.807, 2.05) is 24.3 Å². The number of halogens is 3. The van der Waals surface area contributed by atoms with Gasteiger partial charge in [0, 0.05) is 44.4 Å². The SMILES string of the molecule is CN=C(NCc1ccc(N2CCCC2=O)cc1)NCc1cc(OC)ccc1OC(F)F.I. The summed E-state index contributed by atoms with van der Waals surface area (Å²) in [6.07, 6.45) is 1.49. The molecule has 0 aliphatic carbocycles. The van der Waals surface area contributed by atoms with Gasteiger partial charge in [0.25, 0.3) is 0 Å². The predicted molar refractivity (Wildman–Crippen MR) is 130 cm³/mol. The Morgan fingerprint density at radius 2 is 1.88 bits per heavy atom. The van der Waals surface area contributed by atoms with E-state index < -0.39 is 6.61 Å². The Bertz CT molecular complexity index is 926. The number of nitrogens with one attached hydrogen (secondary N) is 2. The predicted octanol–water partition coefficient (Wildman–Crippen LogP) is 3.91. The van der Waals surface area contributed by atoms with Crippen LogP contribution in [0.5, 0.6) is 11.5 Å². The molecule has 0 saturated carbocycles. The number of rotatable bonds is 8. The molecule has 0 unspecified atom stereocenters. The third-order valence-electron chi connectivity index (χ3n) is 4.93. The standard InChI is InChI=1S/C22H26F2N4O3.HI/c1-25-22(27-14-16-12-18(30-2)9-10-19(16)31-21(23)24)26-13-15-5-7-17(8-6-15)28-11-3-4-20(28)29;/h5-10,12,21H,3-4,11,13-14H2,1-2H3,(H2,25,26,27);1H. The molecule has 32 heavy (non-hydrogen) atoms. The summed E-state index contributed by atoms with van der Waals surface area (Å²) in [5.74, 6) is 1.27. The second kappa shape index (κ2) is 12.4. The number of nitrogens with zero attached hydrogens (tertiary/aromatic N) is 2. The quantitative estimate of drug-likeness (QED) is 0.291. The van der Waals surface area contributed by atoms with E-state index in [4.69, 9.17) is 4.74 Å². The van der Waals surface area contributed by atoms with Crippen LogP contribution in [0.25, 0.3) is 0 Å². The van der Waals surface area contributed by atoms with Crippen LogP contribution >= 0.6 is 24.0 Å². The van der Waals surface area contributed by atoms with Gasteiger partial charge >= 0.3 is 6.61 Å². The van der Waals surface area contributed by atoms with E-state index in [1.54, 1.807) is 24.1 Å². The van der Waals surface area contributed by atoms with Crippen LogP contribution in [-0.4, -0.2) is 39.2 Å². The molecular formula is C22H27F2IN4O3. The number of aliphatic imine (C=N–C) groups is 1. The maximum Gasteiger partial charge on any atom is 0.387 e. The second-order valence-electron chi connectivity index (χ2n) is 6.95. The van der Waals surface area contributed by atoms with Crippen molar-refractivity contribution in [3.05, 3.63) is 53.6 Å². The van der Waals surface area contributed by atoms with Gasteiger partial charge in [-0.15, -0.1) is 24.0 Å². The average molecular weight is 560 g/mol. The van der Waals surface area contributed by atoms with Gasteiger partial charge in [0.1, 0.15) is 11.5 Å². The van der Waals surface area contributed by atoms with Crippen molar-refractivity contribution in [2.45, 2.75) is 32.5 Å². The van der Waals surface area contributed by atoms with Crippen LogP contribution in [0.15, 0.2) is 47.5 Å². The number of carbonyl (C=O) groups excluding carboxylic acids is 1. The fourth-order valence-corrected chi connectivity index (χ4v) is 3.33. The lowest BCUT2D eigenvalue weighted by molar-refractivity contribution is -0.117. The molecule has 0 aromatic heterocycles.